The van der Waals surface area contributed by atoms with Crippen LogP contribution in [0, 0.1) is 0 Å². The number of H-pyrrole nitrogens is 1. The molecule has 1 aromatic carbocycles. The fourth-order valence-corrected chi connectivity index (χ4v) is 1.76. The molecule has 0 aliphatic heterocycles. The van der Waals surface area contributed by atoms with Gasteiger partial charge in [-0.1, -0.05) is 18.2 Å². The number of para-hydroxylation sites is 1. The van der Waals surface area contributed by atoms with Crippen molar-refractivity contribution in [3.63, 3.8) is 0 Å². The predicted octanol–water partition coefficient (Wildman–Crippen LogP) is 2.32. The van der Waals surface area contributed by atoms with Crippen LogP contribution in [0.5, 0.6) is 0 Å². The van der Waals surface area contributed by atoms with E-state index in [1.54, 1.807) is 6.20 Å². The van der Waals surface area contributed by atoms with E-state index in [-0.39, 0.29) is 0 Å². The van der Waals surface area contributed by atoms with E-state index < -0.39 is 7.60 Å². The van der Waals surface area contributed by atoms with Crippen LogP contribution in [0.3, 0.4) is 0 Å². The van der Waals surface area contributed by atoms with Crippen LogP contribution in [0.25, 0.3) is 17.0 Å². The Morgan fingerprint density at radius 1 is 1.27 bits per heavy atom. The third kappa shape index (κ3) is 2.36. The molecule has 15 heavy (non-hydrogen) atoms. The minimum atomic E-state index is -4.08. The van der Waals surface area contributed by atoms with E-state index in [1.807, 2.05) is 24.3 Å². The van der Waals surface area contributed by atoms with Gasteiger partial charge in [0.2, 0.25) is 0 Å². The topological polar surface area (TPSA) is 73.3 Å². The Bertz CT molecular complexity index is 553. The first-order chi connectivity index (χ1) is 7.06. The smallest absolute Gasteiger partial charge is 0.349 e. The zero-order valence-corrected chi connectivity index (χ0v) is 8.69. The summed E-state index contributed by atoms with van der Waals surface area (Å²) in [5.74, 6) is 0.905. The summed E-state index contributed by atoms with van der Waals surface area (Å²) in [5.41, 5.74) is 1.72. The highest BCUT2D eigenvalue weighted by molar-refractivity contribution is 7.55. The molecular formula is C10H10NO3P. The molecule has 0 atom stereocenters. The largest absolute Gasteiger partial charge is 0.361 e. The molecule has 0 amide bonds. The van der Waals surface area contributed by atoms with Gasteiger partial charge in [0.05, 0.1) is 0 Å². The number of rotatable bonds is 2. The van der Waals surface area contributed by atoms with Crippen molar-refractivity contribution in [2.24, 2.45) is 0 Å². The number of nitrogens with one attached hydrogen (secondary N) is 1. The van der Waals surface area contributed by atoms with Crippen LogP contribution in [0.2, 0.25) is 0 Å². The quantitative estimate of drug-likeness (QED) is 0.684. The second kappa shape index (κ2) is 3.66. The van der Waals surface area contributed by atoms with Crippen LogP contribution in [0.15, 0.2) is 36.3 Å². The first kappa shape index (κ1) is 10.2. The fourth-order valence-electron chi connectivity index (χ4n) is 1.41. The van der Waals surface area contributed by atoms with Gasteiger partial charge in [0.1, 0.15) is 0 Å². The second-order valence-corrected chi connectivity index (χ2v) is 4.67. The Morgan fingerprint density at radius 3 is 2.73 bits per heavy atom. The molecule has 78 valence electrons. The van der Waals surface area contributed by atoms with Crippen molar-refractivity contribution in [2.75, 3.05) is 0 Å². The maximum Gasteiger partial charge on any atom is 0.349 e. The van der Waals surface area contributed by atoms with Crippen LogP contribution in [-0.4, -0.2) is 14.8 Å². The average molecular weight is 223 g/mol. The van der Waals surface area contributed by atoms with E-state index in [2.05, 4.69) is 4.98 Å². The van der Waals surface area contributed by atoms with Crippen molar-refractivity contribution in [2.45, 2.75) is 0 Å². The maximum absolute atomic E-state index is 10.7. The van der Waals surface area contributed by atoms with Crippen LogP contribution in [0.4, 0.5) is 0 Å². The summed E-state index contributed by atoms with van der Waals surface area (Å²) in [7, 11) is -4.08. The first-order valence-electron chi connectivity index (χ1n) is 4.37. The number of aromatic nitrogens is 1. The third-order valence-electron chi connectivity index (χ3n) is 2.07. The van der Waals surface area contributed by atoms with Gasteiger partial charge in [-0.05, 0) is 12.1 Å². The Labute approximate surface area is 86.4 Å². The first-order valence-corrected chi connectivity index (χ1v) is 6.05. The SMILES string of the molecule is O=P(O)(O)/C=C/c1c[nH]c2ccccc12. The predicted molar refractivity (Wildman–Crippen MR) is 59.4 cm³/mol. The van der Waals surface area contributed by atoms with Crippen molar-refractivity contribution in [3.8, 4) is 0 Å². The standard InChI is InChI=1S/C10H10NO3P/c12-15(13,14)6-5-8-7-11-10-4-2-1-3-9(8)10/h1-7,11H,(H2,12,13,14)/b6-5+. The normalized spacial score (nSPS) is 12.7. The van der Waals surface area contributed by atoms with Gasteiger partial charge in [-0.3, -0.25) is 4.57 Å². The van der Waals surface area contributed by atoms with Gasteiger partial charge < -0.3 is 14.8 Å². The van der Waals surface area contributed by atoms with Crippen LogP contribution in [-0.2, 0) is 4.57 Å². The van der Waals surface area contributed by atoms with Gasteiger partial charge in [0, 0.05) is 28.5 Å². The van der Waals surface area contributed by atoms with Crippen LogP contribution in [0.1, 0.15) is 5.56 Å². The lowest BCUT2D eigenvalue weighted by atomic mass is 10.2. The average Bonchev–Trinajstić information content (AvgIpc) is 2.57. The summed E-state index contributed by atoms with van der Waals surface area (Å²) in [4.78, 5) is 20.4. The van der Waals surface area contributed by atoms with Gasteiger partial charge in [-0.2, -0.15) is 0 Å². The molecule has 0 spiro atoms. The van der Waals surface area contributed by atoms with Gasteiger partial charge in [0.25, 0.3) is 0 Å². The minimum absolute atomic E-state index is 0.772. The molecule has 0 saturated heterocycles. The van der Waals surface area contributed by atoms with Crippen molar-refractivity contribution < 1.29 is 14.4 Å². The number of aromatic amines is 1. The molecule has 2 aromatic rings. The highest BCUT2D eigenvalue weighted by atomic mass is 31.2. The molecule has 1 aromatic heterocycles. The molecular weight excluding hydrogens is 213 g/mol. The maximum atomic E-state index is 10.7. The molecule has 0 fully saturated rings. The molecule has 5 heteroatoms. The van der Waals surface area contributed by atoms with E-state index in [4.69, 9.17) is 9.79 Å². The Balaban J connectivity index is 2.45. The van der Waals surface area contributed by atoms with Gasteiger partial charge in [0.15, 0.2) is 0 Å². The second-order valence-electron chi connectivity index (χ2n) is 3.19. The molecule has 3 N–H and O–H groups in total. The Hall–Kier alpha value is -1.35. The highest BCUT2D eigenvalue weighted by Gasteiger charge is 2.06. The monoisotopic (exact) mass is 223 g/mol. The lowest BCUT2D eigenvalue weighted by Gasteiger charge is -1.94. The number of fused-ring (bicyclic) bond motifs is 1. The molecule has 0 bridgehead atoms. The lowest BCUT2D eigenvalue weighted by Crippen LogP contribution is -1.70. The van der Waals surface area contributed by atoms with Crippen molar-refractivity contribution in [1.82, 2.24) is 4.98 Å². The lowest BCUT2D eigenvalue weighted by molar-refractivity contribution is 0.386. The fraction of sp³-hybridized carbons (Fsp3) is 0. The molecule has 4 nitrogen and oxygen atoms in total. The summed E-state index contributed by atoms with van der Waals surface area (Å²) < 4.78 is 10.7. The zero-order valence-electron chi connectivity index (χ0n) is 7.79. The van der Waals surface area contributed by atoms with Gasteiger partial charge >= 0.3 is 7.60 Å². The number of hydrogen-bond donors (Lipinski definition) is 3. The molecule has 0 saturated carbocycles. The van der Waals surface area contributed by atoms with Gasteiger partial charge in [-0.15, -0.1) is 0 Å². The summed E-state index contributed by atoms with van der Waals surface area (Å²) in [6.45, 7) is 0. The van der Waals surface area contributed by atoms with Crippen molar-refractivity contribution in [3.05, 3.63) is 41.8 Å². The third-order valence-corrected chi connectivity index (χ3v) is 2.61. The van der Waals surface area contributed by atoms with Crippen LogP contribution >= 0.6 is 7.60 Å². The molecule has 2 rings (SSSR count). The Morgan fingerprint density at radius 2 is 2.00 bits per heavy atom. The minimum Gasteiger partial charge on any atom is -0.361 e. The van der Waals surface area contributed by atoms with E-state index in [9.17, 15) is 4.57 Å². The highest BCUT2D eigenvalue weighted by Crippen LogP contribution is 2.37. The molecule has 0 unspecified atom stereocenters. The van der Waals surface area contributed by atoms with Crippen molar-refractivity contribution >= 4 is 24.6 Å². The van der Waals surface area contributed by atoms with Gasteiger partial charge in [-0.25, -0.2) is 0 Å². The summed E-state index contributed by atoms with van der Waals surface area (Å²) in [6.07, 6.45) is 3.15. The Kier molecular flexibility index (Phi) is 2.49. The van der Waals surface area contributed by atoms with E-state index in [0.29, 0.717) is 0 Å². The molecule has 1 heterocycles. The number of hydrogen-bond acceptors (Lipinski definition) is 1. The van der Waals surface area contributed by atoms with E-state index in [1.165, 1.54) is 6.08 Å². The van der Waals surface area contributed by atoms with Crippen molar-refractivity contribution in [1.29, 1.82) is 0 Å². The zero-order chi connectivity index (χ0) is 10.9. The molecule has 0 aliphatic rings. The summed E-state index contributed by atoms with van der Waals surface area (Å²) >= 11 is 0. The van der Waals surface area contributed by atoms with Crippen LogP contribution < -0.4 is 0 Å². The van der Waals surface area contributed by atoms with E-state index in [0.717, 1.165) is 22.3 Å². The molecule has 0 radical (unpaired) electrons. The van der Waals surface area contributed by atoms with E-state index >= 15 is 0 Å². The molecule has 0 aliphatic carbocycles. The number of benzene rings is 1. The summed E-state index contributed by atoms with van der Waals surface area (Å²) in [6, 6.07) is 7.58. The summed E-state index contributed by atoms with van der Waals surface area (Å²) in [5, 5.41) is 0.946.